The van der Waals surface area contributed by atoms with E-state index in [0.717, 1.165) is 17.5 Å². The summed E-state index contributed by atoms with van der Waals surface area (Å²) in [7, 11) is 1.64. The van der Waals surface area contributed by atoms with Crippen LogP contribution in [0.3, 0.4) is 0 Å². The highest BCUT2D eigenvalue weighted by Gasteiger charge is 2.40. The van der Waals surface area contributed by atoms with Gasteiger partial charge in [0.1, 0.15) is 6.04 Å². The monoisotopic (exact) mass is 406 g/mol. The summed E-state index contributed by atoms with van der Waals surface area (Å²) in [6.45, 7) is 1.62. The Morgan fingerprint density at radius 1 is 1.13 bits per heavy atom. The molecule has 0 saturated carbocycles. The first kappa shape index (κ1) is 20.1. The van der Waals surface area contributed by atoms with E-state index < -0.39 is 6.04 Å². The first-order valence-corrected chi connectivity index (χ1v) is 10.3. The highest BCUT2D eigenvalue weighted by molar-refractivity contribution is 6.03. The van der Waals surface area contributed by atoms with Gasteiger partial charge in [0.05, 0.1) is 17.5 Å². The third-order valence-corrected chi connectivity index (χ3v) is 5.37. The second-order valence-corrected chi connectivity index (χ2v) is 7.41. The van der Waals surface area contributed by atoms with Crippen LogP contribution in [0.2, 0.25) is 0 Å². The maximum atomic E-state index is 13.1. The van der Waals surface area contributed by atoms with E-state index in [1.165, 1.54) is 5.56 Å². The third kappa shape index (κ3) is 4.07. The molecular weight excluding hydrogens is 380 g/mol. The molecule has 7 heteroatoms. The van der Waals surface area contributed by atoms with E-state index in [1.807, 2.05) is 59.2 Å². The molecule has 0 unspecified atom stereocenters. The lowest BCUT2D eigenvalue weighted by molar-refractivity contribution is -0.127. The van der Waals surface area contributed by atoms with Crippen LogP contribution in [0.1, 0.15) is 24.4 Å². The van der Waals surface area contributed by atoms with Crippen molar-refractivity contribution >= 4 is 28.8 Å². The number of ether oxygens (including phenoxy) is 1. The van der Waals surface area contributed by atoms with E-state index in [4.69, 9.17) is 4.74 Å². The van der Waals surface area contributed by atoms with Crippen LogP contribution in [0.4, 0.5) is 5.95 Å². The van der Waals surface area contributed by atoms with Crippen LogP contribution in [0, 0.1) is 0 Å². The number of nitrogens with one attached hydrogen (secondary N) is 1. The molecule has 0 radical (unpaired) electrons. The molecule has 1 aromatic heterocycles. The van der Waals surface area contributed by atoms with Gasteiger partial charge in [0.15, 0.2) is 0 Å². The fraction of sp³-hybridized carbons (Fsp3) is 0.348. The predicted octanol–water partition coefficient (Wildman–Crippen LogP) is 2.71. The average Bonchev–Trinajstić information content (AvgIpc) is 3.25. The third-order valence-electron chi connectivity index (χ3n) is 5.37. The molecule has 2 aromatic carbocycles. The molecule has 2 amide bonds. The zero-order valence-corrected chi connectivity index (χ0v) is 17.1. The SMILES string of the molecule is COCCCN1C(=O)[C@@H](CC(=O)NCCc2ccccc2)n2c1nc1ccccc12. The summed E-state index contributed by atoms with van der Waals surface area (Å²) >= 11 is 0. The molecule has 0 spiro atoms. The Morgan fingerprint density at radius 3 is 2.70 bits per heavy atom. The number of para-hydroxylation sites is 2. The van der Waals surface area contributed by atoms with Gasteiger partial charge in [0.2, 0.25) is 11.9 Å². The Labute approximate surface area is 175 Å². The number of hydrogen-bond donors (Lipinski definition) is 1. The smallest absolute Gasteiger partial charge is 0.253 e. The van der Waals surface area contributed by atoms with E-state index in [2.05, 4.69) is 10.3 Å². The lowest BCUT2D eigenvalue weighted by atomic mass is 10.1. The van der Waals surface area contributed by atoms with Gasteiger partial charge < -0.3 is 10.1 Å². The van der Waals surface area contributed by atoms with Gasteiger partial charge in [0, 0.05) is 26.8 Å². The number of benzene rings is 2. The molecule has 0 fully saturated rings. The minimum Gasteiger partial charge on any atom is -0.385 e. The number of anilines is 1. The number of methoxy groups -OCH3 is 1. The summed E-state index contributed by atoms with van der Waals surface area (Å²) in [5.41, 5.74) is 2.87. The van der Waals surface area contributed by atoms with E-state index in [9.17, 15) is 9.59 Å². The molecule has 7 nitrogen and oxygen atoms in total. The van der Waals surface area contributed by atoms with Gasteiger partial charge in [-0.1, -0.05) is 42.5 Å². The van der Waals surface area contributed by atoms with Crippen LogP contribution in [0.15, 0.2) is 54.6 Å². The highest BCUT2D eigenvalue weighted by Crippen LogP contribution is 2.36. The van der Waals surface area contributed by atoms with Gasteiger partial charge in [-0.3, -0.25) is 19.1 Å². The number of fused-ring (bicyclic) bond motifs is 3. The van der Waals surface area contributed by atoms with Crippen molar-refractivity contribution in [1.29, 1.82) is 0 Å². The first-order valence-electron chi connectivity index (χ1n) is 10.3. The largest absolute Gasteiger partial charge is 0.385 e. The van der Waals surface area contributed by atoms with Crippen molar-refractivity contribution in [3.63, 3.8) is 0 Å². The topological polar surface area (TPSA) is 76.5 Å². The first-order chi connectivity index (χ1) is 14.7. The van der Waals surface area contributed by atoms with Crippen LogP contribution in [0.25, 0.3) is 11.0 Å². The Kier molecular flexibility index (Phi) is 6.09. The summed E-state index contributed by atoms with van der Waals surface area (Å²) in [6, 6.07) is 17.2. The number of carbonyl (C=O) groups is 2. The molecule has 1 atom stereocenters. The molecule has 2 heterocycles. The van der Waals surface area contributed by atoms with Crippen LogP contribution >= 0.6 is 0 Å². The number of hydrogen-bond acceptors (Lipinski definition) is 4. The fourth-order valence-corrected chi connectivity index (χ4v) is 3.91. The molecule has 1 N–H and O–H groups in total. The molecule has 0 aliphatic carbocycles. The number of rotatable bonds is 9. The predicted molar refractivity (Wildman–Crippen MR) is 115 cm³/mol. The number of nitrogens with zero attached hydrogens (tertiary/aromatic N) is 3. The Balaban J connectivity index is 1.48. The molecule has 4 rings (SSSR count). The maximum absolute atomic E-state index is 13.1. The normalized spacial score (nSPS) is 15.6. The van der Waals surface area contributed by atoms with Gasteiger partial charge >= 0.3 is 0 Å². The second-order valence-electron chi connectivity index (χ2n) is 7.41. The van der Waals surface area contributed by atoms with E-state index in [1.54, 1.807) is 12.0 Å². The van der Waals surface area contributed by atoms with Crippen molar-refractivity contribution in [2.75, 3.05) is 31.7 Å². The minimum atomic E-state index is -0.577. The van der Waals surface area contributed by atoms with Crippen molar-refractivity contribution in [3.05, 3.63) is 60.2 Å². The zero-order chi connectivity index (χ0) is 20.9. The summed E-state index contributed by atoms with van der Waals surface area (Å²) in [6.07, 6.45) is 1.57. The fourth-order valence-electron chi connectivity index (χ4n) is 3.91. The maximum Gasteiger partial charge on any atom is 0.253 e. The summed E-state index contributed by atoms with van der Waals surface area (Å²) in [4.78, 5) is 32.1. The number of aromatic nitrogens is 2. The quantitative estimate of drug-likeness (QED) is 0.555. The highest BCUT2D eigenvalue weighted by atomic mass is 16.5. The second kappa shape index (κ2) is 9.09. The molecule has 1 aliphatic rings. The number of amides is 2. The minimum absolute atomic E-state index is 0.0856. The van der Waals surface area contributed by atoms with Crippen LogP contribution < -0.4 is 10.2 Å². The van der Waals surface area contributed by atoms with Crippen molar-refractivity contribution in [2.45, 2.75) is 25.3 Å². The van der Waals surface area contributed by atoms with Gasteiger partial charge in [-0.15, -0.1) is 0 Å². The van der Waals surface area contributed by atoms with E-state index in [-0.39, 0.29) is 18.2 Å². The number of imidazole rings is 1. The van der Waals surface area contributed by atoms with Gasteiger partial charge in [-0.25, -0.2) is 4.98 Å². The van der Waals surface area contributed by atoms with Crippen LogP contribution in [-0.4, -0.2) is 48.2 Å². The lowest BCUT2D eigenvalue weighted by Gasteiger charge is -2.15. The summed E-state index contributed by atoms with van der Waals surface area (Å²) in [5.74, 6) is 0.392. The van der Waals surface area contributed by atoms with Crippen LogP contribution in [0.5, 0.6) is 0 Å². The van der Waals surface area contributed by atoms with Crippen molar-refractivity contribution in [1.82, 2.24) is 14.9 Å². The van der Waals surface area contributed by atoms with Crippen molar-refractivity contribution in [3.8, 4) is 0 Å². The summed E-state index contributed by atoms with van der Waals surface area (Å²) in [5, 5.41) is 2.95. The van der Waals surface area contributed by atoms with E-state index in [0.29, 0.717) is 32.1 Å². The molecular formula is C23H26N4O3. The molecule has 30 heavy (non-hydrogen) atoms. The van der Waals surface area contributed by atoms with Gasteiger partial charge in [-0.05, 0) is 30.5 Å². The molecule has 0 saturated heterocycles. The molecule has 3 aromatic rings. The molecule has 156 valence electrons. The summed E-state index contributed by atoms with van der Waals surface area (Å²) < 4.78 is 7.03. The molecule has 1 aliphatic heterocycles. The van der Waals surface area contributed by atoms with Crippen molar-refractivity contribution in [2.24, 2.45) is 0 Å². The average molecular weight is 406 g/mol. The Hall–Kier alpha value is -3.19. The lowest BCUT2D eigenvalue weighted by Crippen LogP contribution is -2.34. The van der Waals surface area contributed by atoms with Crippen LogP contribution in [-0.2, 0) is 20.7 Å². The number of carbonyl (C=O) groups excluding carboxylic acids is 2. The van der Waals surface area contributed by atoms with Crippen molar-refractivity contribution < 1.29 is 14.3 Å². The van der Waals surface area contributed by atoms with Gasteiger partial charge in [-0.2, -0.15) is 0 Å². The standard InChI is InChI=1S/C23H26N4O3/c1-30-15-7-14-26-22(29)20(27-19-11-6-5-10-18(19)25-23(26)27)16-21(28)24-13-12-17-8-3-2-4-9-17/h2-6,8-11,20H,7,12-16H2,1H3,(H,24,28)/t20-/m1/s1. The molecule has 0 bridgehead atoms. The van der Waals surface area contributed by atoms with Gasteiger partial charge in [0.25, 0.3) is 5.91 Å². The Morgan fingerprint density at radius 2 is 1.90 bits per heavy atom. The van der Waals surface area contributed by atoms with E-state index >= 15 is 0 Å². The zero-order valence-electron chi connectivity index (χ0n) is 17.1. The Bertz CT molecular complexity index is 1030.